The predicted octanol–water partition coefficient (Wildman–Crippen LogP) is 3.08. The summed E-state index contributed by atoms with van der Waals surface area (Å²) in [6, 6.07) is 5.01. The predicted molar refractivity (Wildman–Crippen MR) is 57.5 cm³/mol. The molecule has 14 heavy (non-hydrogen) atoms. The third-order valence-electron chi connectivity index (χ3n) is 2.20. The molecule has 78 valence electrons. The zero-order chi connectivity index (χ0) is 10.8. The zero-order valence-corrected chi connectivity index (χ0v) is 9.04. The molecule has 0 bridgehead atoms. The molecule has 0 aliphatic heterocycles. The van der Waals surface area contributed by atoms with Crippen LogP contribution in [0.15, 0.2) is 18.2 Å². The number of aromatic hydroxyl groups is 2. The number of aryl methyl sites for hydroxylation is 1. The SMILES string of the molecule is CC(C)(C)CCc1ccc(O)c(O)c1. The number of phenolic OH excluding ortho intramolecular Hbond substituents is 2. The summed E-state index contributed by atoms with van der Waals surface area (Å²) in [5.74, 6) is -0.0825. The molecule has 0 radical (unpaired) electrons. The lowest BCUT2D eigenvalue weighted by atomic mass is 9.89. The first-order valence-corrected chi connectivity index (χ1v) is 4.89. The van der Waals surface area contributed by atoms with E-state index in [0.29, 0.717) is 5.41 Å². The van der Waals surface area contributed by atoms with Crippen LogP contribution in [0.25, 0.3) is 0 Å². The number of phenols is 2. The van der Waals surface area contributed by atoms with Gasteiger partial charge in [-0.25, -0.2) is 0 Å². The summed E-state index contributed by atoms with van der Waals surface area (Å²) in [7, 11) is 0. The molecule has 0 heterocycles. The number of hydrogen-bond acceptors (Lipinski definition) is 2. The maximum absolute atomic E-state index is 9.28. The summed E-state index contributed by atoms with van der Waals surface area (Å²) in [4.78, 5) is 0. The summed E-state index contributed by atoms with van der Waals surface area (Å²) in [5, 5.41) is 18.4. The zero-order valence-electron chi connectivity index (χ0n) is 9.04. The van der Waals surface area contributed by atoms with Gasteiger partial charge in [-0.05, 0) is 36.0 Å². The van der Waals surface area contributed by atoms with Gasteiger partial charge in [0.1, 0.15) is 0 Å². The van der Waals surface area contributed by atoms with E-state index >= 15 is 0 Å². The molecule has 0 unspecified atom stereocenters. The molecular weight excluding hydrogens is 176 g/mol. The fourth-order valence-electron chi connectivity index (χ4n) is 1.24. The summed E-state index contributed by atoms with van der Waals surface area (Å²) in [6.45, 7) is 6.56. The lowest BCUT2D eigenvalue weighted by Crippen LogP contribution is -2.06. The van der Waals surface area contributed by atoms with Gasteiger partial charge in [0.25, 0.3) is 0 Å². The van der Waals surface area contributed by atoms with Crippen molar-refractivity contribution in [3.05, 3.63) is 23.8 Å². The van der Waals surface area contributed by atoms with Gasteiger partial charge in [0.05, 0.1) is 0 Å². The van der Waals surface area contributed by atoms with Gasteiger partial charge in [-0.3, -0.25) is 0 Å². The number of rotatable bonds is 2. The van der Waals surface area contributed by atoms with Gasteiger partial charge < -0.3 is 10.2 Å². The van der Waals surface area contributed by atoms with Gasteiger partial charge in [-0.2, -0.15) is 0 Å². The lowest BCUT2D eigenvalue weighted by molar-refractivity contribution is 0.376. The van der Waals surface area contributed by atoms with Gasteiger partial charge in [-0.1, -0.05) is 26.8 Å². The van der Waals surface area contributed by atoms with Gasteiger partial charge in [0.15, 0.2) is 11.5 Å². The third kappa shape index (κ3) is 3.29. The first kappa shape index (κ1) is 10.9. The standard InChI is InChI=1S/C12H18O2/c1-12(2,3)7-6-9-4-5-10(13)11(14)8-9/h4-5,8,13-14H,6-7H2,1-3H3. The van der Waals surface area contributed by atoms with E-state index in [1.54, 1.807) is 6.07 Å². The molecule has 0 atom stereocenters. The highest BCUT2D eigenvalue weighted by atomic mass is 16.3. The highest BCUT2D eigenvalue weighted by Gasteiger charge is 2.10. The second-order valence-corrected chi connectivity index (χ2v) is 4.88. The summed E-state index contributed by atoms with van der Waals surface area (Å²) in [6.07, 6.45) is 1.99. The molecule has 0 aromatic heterocycles. The van der Waals surface area contributed by atoms with Crippen molar-refractivity contribution in [2.24, 2.45) is 5.41 Å². The average molecular weight is 194 g/mol. The van der Waals surface area contributed by atoms with E-state index < -0.39 is 0 Å². The molecule has 0 fully saturated rings. The quantitative estimate of drug-likeness (QED) is 0.710. The Balaban J connectivity index is 2.65. The van der Waals surface area contributed by atoms with E-state index in [1.165, 1.54) is 6.07 Å². The first-order chi connectivity index (χ1) is 6.38. The molecule has 2 nitrogen and oxygen atoms in total. The molecule has 1 aromatic carbocycles. The topological polar surface area (TPSA) is 40.5 Å². The molecule has 0 aliphatic rings. The summed E-state index contributed by atoms with van der Waals surface area (Å²) in [5.41, 5.74) is 1.36. The van der Waals surface area contributed by atoms with Crippen LogP contribution in [0, 0.1) is 5.41 Å². The van der Waals surface area contributed by atoms with Crippen LogP contribution in [0.3, 0.4) is 0 Å². The Hall–Kier alpha value is -1.18. The van der Waals surface area contributed by atoms with Crippen molar-refractivity contribution in [2.45, 2.75) is 33.6 Å². The Morgan fingerprint density at radius 1 is 1.07 bits per heavy atom. The van der Waals surface area contributed by atoms with E-state index in [9.17, 15) is 5.11 Å². The van der Waals surface area contributed by atoms with Crippen molar-refractivity contribution in [1.29, 1.82) is 0 Å². The van der Waals surface area contributed by atoms with Gasteiger partial charge in [0, 0.05) is 0 Å². The minimum Gasteiger partial charge on any atom is -0.504 e. The fraction of sp³-hybridized carbons (Fsp3) is 0.500. The summed E-state index contributed by atoms with van der Waals surface area (Å²) < 4.78 is 0. The minimum absolute atomic E-state index is 0.0311. The van der Waals surface area contributed by atoms with Gasteiger partial charge in [-0.15, -0.1) is 0 Å². The molecule has 2 heteroatoms. The van der Waals surface area contributed by atoms with Crippen molar-refractivity contribution < 1.29 is 10.2 Å². The van der Waals surface area contributed by atoms with E-state index in [4.69, 9.17) is 5.11 Å². The number of hydrogen-bond donors (Lipinski definition) is 2. The molecule has 0 saturated carbocycles. The van der Waals surface area contributed by atoms with Crippen LogP contribution in [0.4, 0.5) is 0 Å². The monoisotopic (exact) mass is 194 g/mol. The first-order valence-electron chi connectivity index (χ1n) is 4.89. The lowest BCUT2D eigenvalue weighted by Gasteiger charge is -2.17. The van der Waals surface area contributed by atoms with Crippen LogP contribution in [-0.4, -0.2) is 10.2 Å². The van der Waals surface area contributed by atoms with Crippen molar-refractivity contribution in [2.75, 3.05) is 0 Å². The molecule has 0 saturated heterocycles. The highest BCUT2D eigenvalue weighted by Crippen LogP contribution is 2.27. The second kappa shape index (κ2) is 3.91. The van der Waals surface area contributed by atoms with Gasteiger partial charge >= 0.3 is 0 Å². The van der Waals surface area contributed by atoms with E-state index in [0.717, 1.165) is 18.4 Å². The summed E-state index contributed by atoms with van der Waals surface area (Å²) >= 11 is 0. The van der Waals surface area contributed by atoms with Crippen LogP contribution < -0.4 is 0 Å². The molecule has 1 aromatic rings. The molecule has 0 amide bonds. The average Bonchev–Trinajstić information content (AvgIpc) is 2.06. The largest absolute Gasteiger partial charge is 0.504 e. The normalized spacial score (nSPS) is 11.6. The van der Waals surface area contributed by atoms with Crippen LogP contribution in [0.1, 0.15) is 32.8 Å². The highest BCUT2D eigenvalue weighted by molar-refractivity contribution is 5.40. The Morgan fingerprint density at radius 2 is 1.71 bits per heavy atom. The third-order valence-corrected chi connectivity index (χ3v) is 2.20. The molecule has 0 aliphatic carbocycles. The van der Waals surface area contributed by atoms with Crippen molar-refractivity contribution in [3.8, 4) is 11.5 Å². The number of benzene rings is 1. The Bertz CT molecular complexity index is 311. The smallest absolute Gasteiger partial charge is 0.157 e. The minimum atomic E-state index is -0.0514. The maximum atomic E-state index is 9.28. The molecule has 1 rings (SSSR count). The Morgan fingerprint density at radius 3 is 2.21 bits per heavy atom. The van der Waals surface area contributed by atoms with E-state index in [2.05, 4.69) is 20.8 Å². The van der Waals surface area contributed by atoms with Crippen LogP contribution in [0.2, 0.25) is 0 Å². The maximum Gasteiger partial charge on any atom is 0.157 e. The molecule has 2 N–H and O–H groups in total. The second-order valence-electron chi connectivity index (χ2n) is 4.88. The fourth-order valence-corrected chi connectivity index (χ4v) is 1.24. The van der Waals surface area contributed by atoms with Crippen LogP contribution >= 0.6 is 0 Å². The van der Waals surface area contributed by atoms with E-state index in [1.807, 2.05) is 6.07 Å². The van der Waals surface area contributed by atoms with Crippen LogP contribution in [-0.2, 0) is 6.42 Å². The van der Waals surface area contributed by atoms with E-state index in [-0.39, 0.29) is 11.5 Å². The van der Waals surface area contributed by atoms with Crippen molar-refractivity contribution in [1.82, 2.24) is 0 Å². The van der Waals surface area contributed by atoms with Gasteiger partial charge in [0.2, 0.25) is 0 Å². The molecular formula is C12H18O2. The Kier molecular flexibility index (Phi) is 3.04. The molecule has 0 spiro atoms. The van der Waals surface area contributed by atoms with Crippen molar-refractivity contribution in [3.63, 3.8) is 0 Å². The van der Waals surface area contributed by atoms with Crippen molar-refractivity contribution >= 4 is 0 Å². The van der Waals surface area contributed by atoms with Crippen LogP contribution in [0.5, 0.6) is 11.5 Å². The Labute approximate surface area is 85.2 Å².